The minimum absolute atomic E-state index is 0.168. The summed E-state index contributed by atoms with van der Waals surface area (Å²) in [7, 11) is 3.21. The van der Waals surface area contributed by atoms with Gasteiger partial charge in [-0.25, -0.2) is 4.52 Å². The Bertz CT molecular complexity index is 1060. The molecule has 0 unspecified atom stereocenters. The van der Waals surface area contributed by atoms with E-state index in [4.69, 9.17) is 9.47 Å². The smallest absolute Gasteiger partial charge is 0.251 e. The van der Waals surface area contributed by atoms with Crippen LogP contribution in [-0.2, 0) is 4.79 Å². The molecule has 0 bridgehead atoms. The summed E-state index contributed by atoms with van der Waals surface area (Å²) in [5, 5.41) is 4.55. The highest BCUT2D eigenvalue weighted by molar-refractivity contribution is 5.82. The fourth-order valence-corrected chi connectivity index (χ4v) is 3.83. The molecule has 1 aliphatic rings. The van der Waals surface area contributed by atoms with Crippen molar-refractivity contribution < 1.29 is 14.3 Å². The van der Waals surface area contributed by atoms with Gasteiger partial charge in [-0.2, -0.15) is 5.10 Å². The van der Waals surface area contributed by atoms with Gasteiger partial charge in [-0.05, 0) is 31.0 Å². The van der Waals surface area contributed by atoms with Gasteiger partial charge in [0.25, 0.3) is 5.56 Å². The number of ether oxygens (including phenoxy) is 2. The maximum Gasteiger partial charge on any atom is 0.251 e. The summed E-state index contributed by atoms with van der Waals surface area (Å²) in [6, 6.07) is 7.12. The molecule has 8 heteroatoms. The number of carbonyl (C=O) groups excluding carboxylic acids is 1. The molecule has 2 aromatic heterocycles. The summed E-state index contributed by atoms with van der Waals surface area (Å²) in [5.41, 5.74) is 2.86. The van der Waals surface area contributed by atoms with Crippen LogP contribution in [0, 0.1) is 0 Å². The van der Waals surface area contributed by atoms with Crippen molar-refractivity contribution in [3.05, 3.63) is 46.5 Å². The highest BCUT2D eigenvalue weighted by Gasteiger charge is 2.24. The number of rotatable bonds is 5. The Hall–Kier alpha value is -3.29. The van der Waals surface area contributed by atoms with Crippen LogP contribution in [0.15, 0.2) is 35.3 Å². The molecule has 0 spiro atoms. The van der Waals surface area contributed by atoms with Crippen molar-refractivity contribution in [2.75, 3.05) is 27.3 Å². The molecule has 0 aliphatic carbocycles. The Morgan fingerprint density at radius 3 is 2.61 bits per heavy atom. The van der Waals surface area contributed by atoms with E-state index < -0.39 is 0 Å². The van der Waals surface area contributed by atoms with Crippen LogP contribution >= 0.6 is 0 Å². The lowest BCUT2D eigenvalue weighted by atomic mass is 9.93. The Kier molecular flexibility index (Phi) is 4.77. The molecular weight excluding hydrogens is 360 g/mol. The van der Waals surface area contributed by atoms with E-state index in [9.17, 15) is 9.59 Å². The van der Waals surface area contributed by atoms with Crippen molar-refractivity contribution in [3.8, 4) is 22.6 Å². The van der Waals surface area contributed by atoms with Gasteiger partial charge in [0.15, 0.2) is 0 Å². The maximum atomic E-state index is 12.4. The number of likely N-dealkylation sites (tertiary alicyclic amines) is 1. The average Bonchev–Trinajstić information content (AvgIpc) is 3.16. The first-order chi connectivity index (χ1) is 13.6. The molecule has 1 N–H and O–H groups in total. The number of amides is 1. The van der Waals surface area contributed by atoms with Crippen molar-refractivity contribution in [3.63, 3.8) is 0 Å². The van der Waals surface area contributed by atoms with Crippen LogP contribution in [-0.4, -0.2) is 53.2 Å². The zero-order valence-corrected chi connectivity index (χ0v) is 15.8. The molecule has 0 atom stereocenters. The number of hydrogen-bond donors (Lipinski definition) is 1. The number of nitrogens with one attached hydrogen (secondary N) is 1. The third kappa shape index (κ3) is 3.11. The van der Waals surface area contributed by atoms with Crippen molar-refractivity contribution in [1.82, 2.24) is 19.5 Å². The highest BCUT2D eigenvalue weighted by Crippen LogP contribution is 2.36. The van der Waals surface area contributed by atoms with E-state index in [0.29, 0.717) is 30.2 Å². The average molecular weight is 382 g/mol. The number of piperidine rings is 1. The minimum atomic E-state index is -0.177. The third-order valence-corrected chi connectivity index (χ3v) is 5.33. The molecular formula is C20H22N4O4. The van der Waals surface area contributed by atoms with Crippen molar-refractivity contribution in [2.45, 2.75) is 18.8 Å². The summed E-state index contributed by atoms with van der Waals surface area (Å²) < 4.78 is 12.6. The second-order valence-corrected chi connectivity index (χ2v) is 6.86. The van der Waals surface area contributed by atoms with Gasteiger partial charge >= 0.3 is 0 Å². The van der Waals surface area contributed by atoms with E-state index in [2.05, 4.69) is 10.1 Å². The molecule has 1 aliphatic heterocycles. The number of aromatic nitrogens is 3. The fourth-order valence-electron chi connectivity index (χ4n) is 3.83. The van der Waals surface area contributed by atoms with E-state index in [1.165, 1.54) is 0 Å². The number of methoxy groups -OCH3 is 2. The molecule has 1 fully saturated rings. The summed E-state index contributed by atoms with van der Waals surface area (Å²) in [6.45, 7) is 1.36. The Morgan fingerprint density at radius 2 is 1.93 bits per heavy atom. The molecule has 4 rings (SSSR count). The lowest BCUT2D eigenvalue weighted by Crippen LogP contribution is -2.32. The molecule has 8 nitrogen and oxygen atoms in total. The van der Waals surface area contributed by atoms with Crippen LogP contribution in [0.2, 0.25) is 0 Å². The van der Waals surface area contributed by atoms with Gasteiger partial charge in [0.2, 0.25) is 6.41 Å². The first-order valence-corrected chi connectivity index (χ1v) is 9.17. The third-order valence-electron chi connectivity index (χ3n) is 5.33. The summed E-state index contributed by atoms with van der Waals surface area (Å²) >= 11 is 0. The Labute approximate surface area is 161 Å². The number of nitrogens with zero attached hydrogens (tertiary/aromatic N) is 3. The van der Waals surface area contributed by atoms with Crippen molar-refractivity contribution in [1.29, 1.82) is 0 Å². The quantitative estimate of drug-likeness (QED) is 0.682. The van der Waals surface area contributed by atoms with E-state index in [0.717, 1.165) is 36.1 Å². The van der Waals surface area contributed by atoms with Gasteiger partial charge in [0.05, 0.1) is 26.1 Å². The zero-order chi connectivity index (χ0) is 19.7. The molecule has 1 aromatic carbocycles. The number of aromatic amines is 1. The molecule has 3 heterocycles. The topological polar surface area (TPSA) is 88.9 Å². The predicted octanol–water partition coefficient (Wildman–Crippen LogP) is 2.04. The first-order valence-electron chi connectivity index (χ1n) is 9.17. The lowest BCUT2D eigenvalue weighted by molar-refractivity contribution is -0.119. The van der Waals surface area contributed by atoms with E-state index in [1.807, 2.05) is 18.2 Å². The molecule has 1 amide bonds. The molecule has 3 aromatic rings. The number of fused-ring (bicyclic) bond motifs is 1. The number of hydrogen-bond acceptors (Lipinski definition) is 5. The Balaban J connectivity index is 1.83. The standard InChI is InChI=1S/C20H22N4O4/c1-27-14-3-4-18(28-2)15(9-14)16-11-21-24-17(10-19(26)22-20(16)24)13-5-7-23(12-25)8-6-13/h3-4,9-13H,5-8H2,1-2H3,(H,22,26). The van der Waals surface area contributed by atoms with Crippen LogP contribution in [0.4, 0.5) is 0 Å². The van der Waals surface area contributed by atoms with E-state index in [-0.39, 0.29) is 11.5 Å². The maximum absolute atomic E-state index is 12.4. The molecule has 0 saturated carbocycles. The van der Waals surface area contributed by atoms with Gasteiger partial charge in [-0.15, -0.1) is 0 Å². The van der Waals surface area contributed by atoms with Gasteiger partial charge in [0.1, 0.15) is 17.1 Å². The largest absolute Gasteiger partial charge is 0.497 e. The lowest BCUT2D eigenvalue weighted by Gasteiger charge is -2.29. The molecule has 1 saturated heterocycles. The monoisotopic (exact) mass is 382 g/mol. The molecule has 146 valence electrons. The number of benzene rings is 1. The summed E-state index contributed by atoms with van der Waals surface area (Å²) in [5.74, 6) is 1.53. The van der Waals surface area contributed by atoms with Crippen LogP contribution < -0.4 is 15.0 Å². The van der Waals surface area contributed by atoms with Gasteiger partial charge in [-0.1, -0.05) is 0 Å². The first kappa shape index (κ1) is 18.1. The van der Waals surface area contributed by atoms with Crippen LogP contribution in [0.3, 0.4) is 0 Å². The van der Waals surface area contributed by atoms with Crippen molar-refractivity contribution in [2.24, 2.45) is 0 Å². The van der Waals surface area contributed by atoms with Crippen LogP contribution in [0.1, 0.15) is 24.5 Å². The fraction of sp³-hybridized carbons (Fsp3) is 0.350. The van der Waals surface area contributed by atoms with Crippen LogP contribution in [0.5, 0.6) is 11.5 Å². The SMILES string of the molecule is COc1ccc(OC)c(-c2cnn3c(C4CCN(C=O)CC4)cc(=O)[nH]c23)c1. The number of carbonyl (C=O) groups is 1. The minimum Gasteiger partial charge on any atom is -0.497 e. The zero-order valence-electron chi connectivity index (χ0n) is 15.8. The van der Waals surface area contributed by atoms with Crippen molar-refractivity contribution >= 4 is 12.1 Å². The van der Waals surface area contributed by atoms with Gasteiger partial charge < -0.3 is 19.4 Å². The highest BCUT2D eigenvalue weighted by atomic mass is 16.5. The van der Waals surface area contributed by atoms with Crippen LogP contribution in [0.25, 0.3) is 16.8 Å². The predicted molar refractivity (Wildman–Crippen MR) is 104 cm³/mol. The second-order valence-electron chi connectivity index (χ2n) is 6.86. The Morgan fingerprint density at radius 1 is 1.14 bits per heavy atom. The molecule has 28 heavy (non-hydrogen) atoms. The normalized spacial score (nSPS) is 15.0. The summed E-state index contributed by atoms with van der Waals surface area (Å²) in [6.07, 6.45) is 4.21. The van der Waals surface area contributed by atoms with Gasteiger partial charge in [0, 0.05) is 36.2 Å². The number of H-pyrrole nitrogens is 1. The molecule has 0 radical (unpaired) electrons. The van der Waals surface area contributed by atoms with E-state index >= 15 is 0 Å². The second kappa shape index (κ2) is 7.38. The van der Waals surface area contributed by atoms with E-state index in [1.54, 1.807) is 35.9 Å². The van der Waals surface area contributed by atoms with Gasteiger partial charge in [-0.3, -0.25) is 9.59 Å². The summed E-state index contributed by atoms with van der Waals surface area (Å²) in [4.78, 5) is 28.0.